The average Bonchev–Trinajstić information content (AvgIpc) is 2.84. The number of hydrogen-bond donors (Lipinski definition) is 4. The van der Waals surface area contributed by atoms with Crippen LogP contribution < -0.4 is 0 Å². The zero-order valence-electron chi connectivity index (χ0n) is 22.6. The molecule has 0 amide bonds. The van der Waals surface area contributed by atoms with Gasteiger partial charge in [0.1, 0.15) is 18.3 Å². The Labute approximate surface area is 210 Å². The lowest BCUT2D eigenvalue weighted by Crippen LogP contribution is -2.53. The van der Waals surface area contributed by atoms with Gasteiger partial charge in [-0.1, -0.05) is 142 Å². The van der Waals surface area contributed by atoms with Crippen LogP contribution in [-0.2, 0) is 4.79 Å². The van der Waals surface area contributed by atoms with Crippen LogP contribution in [-0.4, -0.2) is 50.6 Å². The van der Waals surface area contributed by atoms with Crippen molar-refractivity contribution >= 4 is 6.29 Å². The second-order valence-electron chi connectivity index (χ2n) is 10.5. The molecule has 34 heavy (non-hydrogen) atoms. The van der Waals surface area contributed by atoms with Crippen LogP contribution in [0.5, 0.6) is 0 Å². The van der Waals surface area contributed by atoms with Crippen molar-refractivity contribution in [2.75, 3.05) is 0 Å². The van der Waals surface area contributed by atoms with E-state index in [1.807, 2.05) is 0 Å². The highest BCUT2D eigenvalue weighted by Gasteiger charge is 2.41. The van der Waals surface area contributed by atoms with E-state index in [9.17, 15) is 25.2 Å². The number of aliphatic hydroxyl groups is 4. The van der Waals surface area contributed by atoms with Gasteiger partial charge in [-0.25, -0.2) is 0 Å². The van der Waals surface area contributed by atoms with E-state index >= 15 is 0 Å². The van der Waals surface area contributed by atoms with Crippen LogP contribution in [0, 0.1) is 0 Å². The van der Waals surface area contributed by atoms with Gasteiger partial charge in [-0.05, 0) is 12.8 Å². The minimum absolute atomic E-state index is 0.218. The van der Waals surface area contributed by atoms with Crippen LogP contribution in [0.1, 0.15) is 155 Å². The molecule has 204 valence electrons. The molecule has 0 fully saturated rings. The summed E-state index contributed by atoms with van der Waals surface area (Å²) in [6, 6.07) is 0. The molecule has 0 saturated heterocycles. The number of hydrogen-bond acceptors (Lipinski definition) is 5. The molecule has 0 unspecified atom stereocenters. The molecule has 4 N–H and O–H groups in total. The summed E-state index contributed by atoms with van der Waals surface area (Å²) < 4.78 is 0. The molecule has 0 aromatic heterocycles. The van der Waals surface area contributed by atoms with E-state index in [2.05, 4.69) is 13.8 Å². The van der Waals surface area contributed by atoms with Gasteiger partial charge in [-0.2, -0.15) is 0 Å². The number of rotatable bonds is 26. The molecule has 0 saturated carbocycles. The first kappa shape index (κ1) is 33.5. The summed E-state index contributed by atoms with van der Waals surface area (Å²) in [5, 5.41) is 41.6. The van der Waals surface area contributed by atoms with Gasteiger partial charge in [0.15, 0.2) is 6.29 Å². The second-order valence-corrected chi connectivity index (χ2v) is 10.5. The lowest BCUT2D eigenvalue weighted by molar-refractivity contribution is -0.162. The van der Waals surface area contributed by atoms with Crippen molar-refractivity contribution in [1.29, 1.82) is 0 Å². The topological polar surface area (TPSA) is 98.0 Å². The Morgan fingerprint density at radius 3 is 1.15 bits per heavy atom. The third-order valence-electron chi connectivity index (χ3n) is 7.29. The SMILES string of the molecule is CCCCCCCCCCCCC(O)(CCCCCCCCCCCC)[C@@H](O)[C@H](O)[C@@H](O)C=O. The molecular formula is C29H58O5. The summed E-state index contributed by atoms with van der Waals surface area (Å²) in [7, 11) is 0. The Kier molecular flexibility index (Phi) is 22.6. The van der Waals surface area contributed by atoms with Crippen LogP contribution in [0.2, 0.25) is 0 Å². The van der Waals surface area contributed by atoms with E-state index in [1.165, 1.54) is 89.9 Å². The summed E-state index contributed by atoms with van der Waals surface area (Å²) in [6.07, 6.45) is 19.8. The van der Waals surface area contributed by atoms with Gasteiger partial charge in [0.25, 0.3) is 0 Å². The van der Waals surface area contributed by atoms with E-state index in [4.69, 9.17) is 0 Å². The molecule has 0 bridgehead atoms. The van der Waals surface area contributed by atoms with E-state index in [0.717, 1.165) is 38.5 Å². The van der Waals surface area contributed by atoms with Crippen molar-refractivity contribution in [3.63, 3.8) is 0 Å². The standard InChI is InChI=1S/C29H58O5/c1-3-5-7-9-11-13-15-17-19-21-23-29(34,28(33)27(32)26(31)25-30)24-22-20-18-16-14-12-10-8-6-4-2/h25-28,31-34H,3-24H2,1-2H3/t26-,27+,28-/m0/s1. The van der Waals surface area contributed by atoms with Gasteiger partial charge in [-0.15, -0.1) is 0 Å². The molecular weight excluding hydrogens is 428 g/mol. The molecule has 0 aliphatic rings. The summed E-state index contributed by atoms with van der Waals surface area (Å²) in [5.74, 6) is 0. The fourth-order valence-corrected chi connectivity index (χ4v) is 4.84. The molecule has 3 atom stereocenters. The minimum Gasteiger partial charge on any atom is -0.387 e. The van der Waals surface area contributed by atoms with Crippen molar-refractivity contribution < 1.29 is 25.2 Å². The first-order chi connectivity index (χ1) is 16.4. The molecule has 0 heterocycles. The van der Waals surface area contributed by atoms with Crippen molar-refractivity contribution in [3.8, 4) is 0 Å². The molecule has 0 spiro atoms. The van der Waals surface area contributed by atoms with E-state index < -0.39 is 23.9 Å². The van der Waals surface area contributed by atoms with Crippen LogP contribution in [0.3, 0.4) is 0 Å². The summed E-state index contributed by atoms with van der Waals surface area (Å²) >= 11 is 0. The number of aldehydes is 1. The Hall–Kier alpha value is -0.490. The summed E-state index contributed by atoms with van der Waals surface area (Å²) in [4.78, 5) is 10.9. The monoisotopic (exact) mass is 486 g/mol. The Balaban J connectivity index is 4.30. The maximum Gasteiger partial charge on any atom is 0.151 e. The zero-order chi connectivity index (χ0) is 25.5. The fraction of sp³-hybridized carbons (Fsp3) is 0.966. The molecule has 5 heteroatoms. The van der Waals surface area contributed by atoms with Gasteiger partial charge in [0.05, 0.1) is 5.60 Å². The van der Waals surface area contributed by atoms with Gasteiger partial charge < -0.3 is 25.2 Å². The second kappa shape index (κ2) is 22.9. The quantitative estimate of drug-likeness (QED) is 0.0813. The normalized spacial score (nSPS) is 14.8. The zero-order valence-corrected chi connectivity index (χ0v) is 22.6. The van der Waals surface area contributed by atoms with Gasteiger partial charge in [-0.3, -0.25) is 0 Å². The Morgan fingerprint density at radius 1 is 0.559 bits per heavy atom. The van der Waals surface area contributed by atoms with Crippen LogP contribution >= 0.6 is 0 Å². The summed E-state index contributed by atoms with van der Waals surface area (Å²) in [6.45, 7) is 4.46. The van der Waals surface area contributed by atoms with E-state index in [0.29, 0.717) is 12.8 Å². The van der Waals surface area contributed by atoms with Crippen molar-refractivity contribution in [2.24, 2.45) is 0 Å². The molecule has 0 aliphatic carbocycles. The number of carbonyl (C=O) groups is 1. The highest BCUT2D eigenvalue weighted by molar-refractivity contribution is 5.56. The van der Waals surface area contributed by atoms with Crippen molar-refractivity contribution in [2.45, 2.75) is 179 Å². The maximum atomic E-state index is 11.2. The summed E-state index contributed by atoms with van der Waals surface area (Å²) in [5.41, 5.74) is -1.47. The van der Waals surface area contributed by atoms with Gasteiger partial charge in [0, 0.05) is 0 Å². The van der Waals surface area contributed by atoms with Crippen molar-refractivity contribution in [3.05, 3.63) is 0 Å². The molecule has 0 radical (unpaired) electrons. The van der Waals surface area contributed by atoms with E-state index in [-0.39, 0.29) is 6.29 Å². The lowest BCUT2D eigenvalue weighted by atomic mass is 9.81. The molecule has 5 nitrogen and oxygen atoms in total. The van der Waals surface area contributed by atoms with E-state index in [1.54, 1.807) is 0 Å². The molecule has 0 rings (SSSR count). The Bertz CT molecular complexity index is 418. The third-order valence-corrected chi connectivity index (χ3v) is 7.29. The molecule has 0 aromatic rings. The first-order valence-corrected chi connectivity index (χ1v) is 14.6. The maximum absolute atomic E-state index is 11.2. The smallest absolute Gasteiger partial charge is 0.151 e. The first-order valence-electron chi connectivity index (χ1n) is 14.6. The number of carbonyl (C=O) groups excluding carboxylic acids is 1. The Morgan fingerprint density at radius 2 is 0.853 bits per heavy atom. The molecule has 0 aromatic carbocycles. The highest BCUT2D eigenvalue weighted by Crippen LogP contribution is 2.29. The van der Waals surface area contributed by atoms with Crippen molar-refractivity contribution in [1.82, 2.24) is 0 Å². The molecule has 0 aliphatic heterocycles. The average molecular weight is 487 g/mol. The predicted molar refractivity (Wildman–Crippen MR) is 142 cm³/mol. The van der Waals surface area contributed by atoms with Crippen LogP contribution in [0.4, 0.5) is 0 Å². The van der Waals surface area contributed by atoms with Gasteiger partial charge in [0.2, 0.25) is 0 Å². The fourth-order valence-electron chi connectivity index (χ4n) is 4.84. The highest BCUT2D eigenvalue weighted by atomic mass is 16.4. The number of unbranched alkanes of at least 4 members (excludes halogenated alkanes) is 18. The lowest BCUT2D eigenvalue weighted by Gasteiger charge is -2.36. The minimum atomic E-state index is -1.68. The largest absolute Gasteiger partial charge is 0.387 e. The van der Waals surface area contributed by atoms with Crippen LogP contribution in [0.25, 0.3) is 0 Å². The number of aliphatic hydroxyl groups excluding tert-OH is 3. The van der Waals surface area contributed by atoms with Crippen LogP contribution in [0.15, 0.2) is 0 Å². The third kappa shape index (κ3) is 17.0. The van der Waals surface area contributed by atoms with Gasteiger partial charge >= 0.3 is 0 Å². The predicted octanol–water partition coefficient (Wildman–Crippen LogP) is 6.62.